The number of nitrogens with one attached hydrogen (secondary N) is 2. The van der Waals surface area contributed by atoms with E-state index < -0.39 is 17.1 Å². The molecule has 0 aliphatic rings. The summed E-state index contributed by atoms with van der Waals surface area (Å²) in [4.78, 5) is 28.5. The molecule has 0 saturated heterocycles. The summed E-state index contributed by atoms with van der Waals surface area (Å²) in [6.07, 6.45) is 3.22. The average Bonchev–Trinajstić information content (AvgIpc) is 3.24. The van der Waals surface area contributed by atoms with Gasteiger partial charge in [-0.25, -0.2) is 23.7 Å². The summed E-state index contributed by atoms with van der Waals surface area (Å²) < 4.78 is 33.5. The summed E-state index contributed by atoms with van der Waals surface area (Å²) >= 11 is 0. The Labute approximate surface area is 173 Å². The van der Waals surface area contributed by atoms with Gasteiger partial charge in [-0.2, -0.15) is 0 Å². The summed E-state index contributed by atoms with van der Waals surface area (Å²) in [6.45, 7) is 0.364. The maximum Gasteiger partial charge on any atom is 0.200 e. The lowest BCUT2D eigenvalue weighted by atomic mass is 10.0. The van der Waals surface area contributed by atoms with Gasteiger partial charge in [0.1, 0.15) is 34.8 Å². The van der Waals surface area contributed by atoms with E-state index in [1.165, 1.54) is 43.0 Å². The van der Waals surface area contributed by atoms with Crippen LogP contribution in [0.25, 0.3) is 33.3 Å². The van der Waals surface area contributed by atoms with Gasteiger partial charge in [0.2, 0.25) is 5.43 Å². The molecular weight excluding hydrogens is 404 g/mol. The van der Waals surface area contributed by atoms with E-state index in [1.807, 2.05) is 0 Å². The first-order chi connectivity index (χ1) is 15.1. The minimum Gasteiger partial charge on any atom is -0.460 e. The van der Waals surface area contributed by atoms with Crippen LogP contribution >= 0.6 is 0 Å². The molecule has 2 N–H and O–H groups in total. The number of aromatic nitrogens is 4. The number of benzene rings is 2. The van der Waals surface area contributed by atoms with Crippen molar-refractivity contribution in [2.24, 2.45) is 0 Å². The van der Waals surface area contributed by atoms with E-state index in [2.05, 4.69) is 25.3 Å². The second kappa shape index (κ2) is 7.60. The second-order valence-electron chi connectivity index (χ2n) is 6.88. The van der Waals surface area contributed by atoms with Gasteiger partial charge in [-0.1, -0.05) is 12.1 Å². The van der Waals surface area contributed by atoms with Crippen LogP contribution in [0.1, 0.15) is 5.76 Å². The van der Waals surface area contributed by atoms with Crippen molar-refractivity contribution < 1.29 is 13.2 Å². The molecule has 0 saturated carbocycles. The highest BCUT2D eigenvalue weighted by Crippen LogP contribution is 2.26. The summed E-state index contributed by atoms with van der Waals surface area (Å²) in [5.74, 6) is -0.119. The minimum atomic E-state index is -0.549. The standard InChI is InChI=1S/C22H15F2N5O2/c23-13-3-1-2-12(8-13)18-17(31-16-5-4-14(24)9-15(16)20(18)30)6-7-25-21-19-22(27-10-26-19)29-11-28-21/h1-5,8-11H,6-7H2,(H2,25,26,27,28,29). The van der Waals surface area contributed by atoms with Crippen molar-refractivity contribution in [1.29, 1.82) is 0 Å². The van der Waals surface area contributed by atoms with Crippen LogP contribution in [0.2, 0.25) is 0 Å². The van der Waals surface area contributed by atoms with E-state index >= 15 is 0 Å². The molecule has 5 rings (SSSR count). The van der Waals surface area contributed by atoms with Crippen molar-refractivity contribution in [3.63, 3.8) is 0 Å². The molecule has 0 aliphatic carbocycles. The maximum atomic E-state index is 13.9. The lowest BCUT2D eigenvalue weighted by molar-refractivity contribution is 0.540. The molecule has 0 bridgehead atoms. The first-order valence-corrected chi connectivity index (χ1v) is 9.49. The van der Waals surface area contributed by atoms with Crippen LogP contribution < -0.4 is 10.7 Å². The van der Waals surface area contributed by atoms with Gasteiger partial charge in [-0.15, -0.1) is 0 Å². The van der Waals surface area contributed by atoms with Crippen LogP contribution in [0, 0.1) is 11.6 Å². The Kier molecular flexibility index (Phi) is 4.62. The molecule has 0 atom stereocenters. The highest BCUT2D eigenvalue weighted by Gasteiger charge is 2.17. The Balaban J connectivity index is 1.55. The zero-order valence-electron chi connectivity index (χ0n) is 16.0. The summed E-state index contributed by atoms with van der Waals surface area (Å²) in [5.41, 5.74) is 1.60. The number of imidazole rings is 1. The number of nitrogens with zero attached hydrogens (tertiary/aromatic N) is 3. The molecule has 154 valence electrons. The number of hydrogen-bond donors (Lipinski definition) is 2. The zero-order valence-corrected chi connectivity index (χ0v) is 16.0. The molecule has 0 radical (unpaired) electrons. The van der Waals surface area contributed by atoms with Crippen LogP contribution in [0.5, 0.6) is 0 Å². The van der Waals surface area contributed by atoms with Crippen molar-refractivity contribution in [3.8, 4) is 11.1 Å². The van der Waals surface area contributed by atoms with Gasteiger partial charge >= 0.3 is 0 Å². The van der Waals surface area contributed by atoms with E-state index in [0.717, 1.165) is 6.07 Å². The molecule has 7 nitrogen and oxygen atoms in total. The fraction of sp³-hybridized carbons (Fsp3) is 0.0909. The van der Waals surface area contributed by atoms with Crippen molar-refractivity contribution >= 4 is 28.0 Å². The monoisotopic (exact) mass is 419 g/mol. The molecule has 0 amide bonds. The van der Waals surface area contributed by atoms with Gasteiger partial charge in [-0.3, -0.25) is 4.79 Å². The molecule has 3 heterocycles. The second-order valence-corrected chi connectivity index (χ2v) is 6.88. The third-order valence-corrected chi connectivity index (χ3v) is 4.91. The van der Waals surface area contributed by atoms with Crippen molar-refractivity contribution in [3.05, 3.63) is 82.7 Å². The Morgan fingerprint density at radius 1 is 1.03 bits per heavy atom. The summed E-state index contributed by atoms with van der Waals surface area (Å²) in [5, 5.41) is 3.27. The van der Waals surface area contributed by atoms with Crippen LogP contribution in [-0.2, 0) is 6.42 Å². The minimum absolute atomic E-state index is 0.103. The van der Waals surface area contributed by atoms with E-state index in [0.29, 0.717) is 41.3 Å². The van der Waals surface area contributed by atoms with Gasteiger partial charge in [0.05, 0.1) is 17.3 Å². The maximum absolute atomic E-state index is 13.9. The summed E-state index contributed by atoms with van der Waals surface area (Å²) in [6, 6.07) is 9.45. The fourth-order valence-corrected chi connectivity index (χ4v) is 3.52. The topological polar surface area (TPSA) is 96.7 Å². The number of anilines is 1. The molecular formula is C22H15F2N5O2. The lowest BCUT2D eigenvalue weighted by Crippen LogP contribution is -2.13. The Morgan fingerprint density at radius 2 is 1.90 bits per heavy atom. The number of halogens is 2. The Morgan fingerprint density at radius 3 is 2.77 bits per heavy atom. The number of aromatic amines is 1. The molecule has 5 aromatic rings. The third-order valence-electron chi connectivity index (χ3n) is 4.91. The number of rotatable bonds is 5. The number of H-pyrrole nitrogens is 1. The zero-order chi connectivity index (χ0) is 21.4. The van der Waals surface area contributed by atoms with Gasteiger partial charge in [0.25, 0.3) is 0 Å². The lowest BCUT2D eigenvalue weighted by Gasteiger charge is -2.11. The molecule has 9 heteroatoms. The van der Waals surface area contributed by atoms with Gasteiger partial charge in [0, 0.05) is 13.0 Å². The largest absolute Gasteiger partial charge is 0.460 e. The molecule has 0 aliphatic heterocycles. The van der Waals surface area contributed by atoms with E-state index in [9.17, 15) is 13.6 Å². The van der Waals surface area contributed by atoms with Crippen molar-refractivity contribution in [2.75, 3.05) is 11.9 Å². The van der Waals surface area contributed by atoms with E-state index in [1.54, 1.807) is 6.07 Å². The van der Waals surface area contributed by atoms with Gasteiger partial charge < -0.3 is 14.7 Å². The molecule has 0 spiro atoms. The van der Waals surface area contributed by atoms with Crippen molar-refractivity contribution in [1.82, 2.24) is 19.9 Å². The van der Waals surface area contributed by atoms with Crippen LogP contribution in [0.3, 0.4) is 0 Å². The van der Waals surface area contributed by atoms with Crippen LogP contribution in [0.4, 0.5) is 14.6 Å². The SMILES string of the molecule is O=c1c(-c2cccc(F)c2)c(CCNc2ncnc3nc[nH]c23)oc2ccc(F)cc12. The molecule has 2 aromatic carbocycles. The quantitative estimate of drug-likeness (QED) is 0.446. The first kappa shape index (κ1) is 18.9. The highest BCUT2D eigenvalue weighted by atomic mass is 19.1. The van der Waals surface area contributed by atoms with Crippen LogP contribution in [0.15, 0.2) is 64.3 Å². The van der Waals surface area contributed by atoms with E-state index in [4.69, 9.17) is 4.42 Å². The highest BCUT2D eigenvalue weighted by molar-refractivity contribution is 5.83. The number of hydrogen-bond acceptors (Lipinski definition) is 6. The molecule has 0 fully saturated rings. The predicted octanol–water partition coefficient (Wildman–Crippen LogP) is 4.06. The summed E-state index contributed by atoms with van der Waals surface area (Å²) in [7, 11) is 0. The van der Waals surface area contributed by atoms with Gasteiger partial charge in [0.15, 0.2) is 11.5 Å². The Hall–Kier alpha value is -4.14. The predicted molar refractivity (Wildman–Crippen MR) is 112 cm³/mol. The van der Waals surface area contributed by atoms with Crippen LogP contribution in [-0.4, -0.2) is 26.5 Å². The first-order valence-electron chi connectivity index (χ1n) is 9.49. The van der Waals surface area contributed by atoms with E-state index in [-0.39, 0.29) is 16.5 Å². The average molecular weight is 419 g/mol. The van der Waals surface area contributed by atoms with Crippen molar-refractivity contribution in [2.45, 2.75) is 6.42 Å². The molecule has 31 heavy (non-hydrogen) atoms. The Bertz CT molecular complexity index is 1480. The van der Waals surface area contributed by atoms with Gasteiger partial charge in [-0.05, 0) is 35.9 Å². The normalized spacial score (nSPS) is 11.3. The molecule has 3 aromatic heterocycles. The molecule has 0 unspecified atom stereocenters. The smallest absolute Gasteiger partial charge is 0.200 e. The fourth-order valence-electron chi connectivity index (χ4n) is 3.52. The number of fused-ring (bicyclic) bond motifs is 2. The third kappa shape index (κ3) is 3.50.